The molecule has 19 heavy (non-hydrogen) atoms. The van der Waals surface area contributed by atoms with Crippen LogP contribution in [0.2, 0.25) is 0 Å². The maximum atomic E-state index is 5.11. The van der Waals surface area contributed by atoms with E-state index in [1.807, 2.05) is 13.1 Å². The van der Waals surface area contributed by atoms with Crippen LogP contribution >= 0.6 is 0 Å². The van der Waals surface area contributed by atoms with Crippen molar-refractivity contribution in [3.8, 4) is 0 Å². The molecule has 108 valence electrons. The lowest BCUT2D eigenvalue weighted by Crippen LogP contribution is -2.26. The molecule has 0 spiro atoms. The third-order valence-corrected chi connectivity index (χ3v) is 3.05. The Bertz CT molecular complexity index is 380. The second-order valence-electron chi connectivity index (χ2n) is 5.26. The van der Waals surface area contributed by atoms with Crippen molar-refractivity contribution in [3.63, 3.8) is 0 Å². The molecule has 1 heterocycles. The predicted molar refractivity (Wildman–Crippen MR) is 80.7 cm³/mol. The minimum absolute atomic E-state index is 0.480. The predicted octanol–water partition coefficient (Wildman–Crippen LogP) is 2.36. The SMILES string of the molecule is COCCCN(C)c1cc(C)ncc1CNC(C)C. The van der Waals surface area contributed by atoms with Crippen molar-refractivity contribution >= 4 is 5.69 Å². The minimum Gasteiger partial charge on any atom is -0.385 e. The van der Waals surface area contributed by atoms with Gasteiger partial charge in [-0.3, -0.25) is 4.98 Å². The van der Waals surface area contributed by atoms with Gasteiger partial charge in [0.15, 0.2) is 0 Å². The van der Waals surface area contributed by atoms with Crippen LogP contribution in [0.15, 0.2) is 12.3 Å². The lowest BCUT2D eigenvalue weighted by atomic mass is 10.1. The molecule has 0 aliphatic carbocycles. The average molecular weight is 265 g/mol. The van der Waals surface area contributed by atoms with Crippen LogP contribution in [-0.2, 0) is 11.3 Å². The molecular weight excluding hydrogens is 238 g/mol. The standard InChI is InChI=1S/C15H27N3O/c1-12(2)16-10-14-11-17-13(3)9-15(14)18(4)7-6-8-19-5/h9,11-12,16H,6-8,10H2,1-5H3. The maximum absolute atomic E-state index is 5.11. The fraction of sp³-hybridized carbons (Fsp3) is 0.667. The molecule has 4 heteroatoms. The van der Waals surface area contributed by atoms with E-state index in [2.05, 4.69) is 42.2 Å². The van der Waals surface area contributed by atoms with E-state index in [1.165, 1.54) is 11.3 Å². The number of hydrogen-bond acceptors (Lipinski definition) is 4. The Morgan fingerprint density at radius 1 is 1.42 bits per heavy atom. The van der Waals surface area contributed by atoms with Crippen molar-refractivity contribution in [3.05, 3.63) is 23.5 Å². The smallest absolute Gasteiger partial charge is 0.0479 e. The van der Waals surface area contributed by atoms with Crippen molar-refractivity contribution in [2.75, 3.05) is 32.2 Å². The Labute approximate surface area is 117 Å². The van der Waals surface area contributed by atoms with Crippen LogP contribution < -0.4 is 10.2 Å². The second-order valence-corrected chi connectivity index (χ2v) is 5.26. The highest BCUT2D eigenvalue weighted by molar-refractivity contribution is 5.53. The molecule has 4 nitrogen and oxygen atoms in total. The summed E-state index contributed by atoms with van der Waals surface area (Å²) in [5.74, 6) is 0. The fourth-order valence-corrected chi connectivity index (χ4v) is 1.95. The molecule has 0 amide bonds. The lowest BCUT2D eigenvalue weighted by molar-refractivity contribution is 0.196. The number of nitrogens with zero attached hydrogens (tertiary/aromatic N) is 2. The highest BCUT2D eigenvalue weighted by atomic mass is 16.5. The van der Waals surface area contributed by atoms with Gasteiger partial charge in [0.25, 0.3) is 0 Å². The zero-order chi connectivity index (χ0) is 14.3. The molecule has 0 aliphatic rings. The van der Waals surface area contributed by atoms with Crippen molar-refractivity contribution in [2.45, 2.75) is 39.8 Å². The van der Waals surface area contributed by atoms with Crippen LogP contribution in [0.1, 0.15) is 31.5 Å². The third kappa shape index (κ3) is 5.57. The third-order valence-electron chi connectivity index (χ3n) is 3.05. The largest absolute Gasteiger partial charge is 0.385 e. The molecule has 0 saturated heterocycles. The Balaban J connectivity index is 2.74. The normalized spacial score (nSPS) is 11.1. The van der Waals surface area contributed by atoms with Gasteiger partial charge < -0.3 is 15.0 Å². The van der Waals surface area contributed by atoms with Gasteiger partial charge >= 0.3 is 0 Å². The molecule has 0 aromatic carbocycles. The average Bonchev–Trinajstić information content (AvgIpc) is 2.37. The van der Waals surface area contributed by atoms with Crippen LogP contribution in [0.5, 0.6) is 0 Å². The molecule has 0 bridgehead atoms. The summed E-state index contributed by atoms with van der Waals surface area (Å²) in [6, 6.07) is 2.64. The zero-order valence-corrected chi connectivity index (χ0v) is 12.9. The summed E-state index contributed by atoms with van der Waals surface area (Å²) in [6.45, 7) is 8.99. The molecule has 1 aromatic heterocycles. The topological polar surface area (TPSA) is 37.4 Å². The number of hydrogen-bond donors (Lipinski definition) is 1. The van der Waals surface area contributed by atoms with Crippen molar-refractivity contribution < 1.29 is 4.74 Å². The van der Waals surface area contributed by atoms with Crippen LogP contribution in [0.4, 0.5) is 5.69 Å². The van der Waals surface area contributed by atoms with Crippen molar-refractivity contribution in [2.24, 2.45) is 0 Å². The van der Waals surface area contributed by atoms with E-state index in [-0.39, 0.29) is 0 Å². The molecule has 0 fully saturated rings. The molecule has 0 aliphatic heterocycles. The van der Waals surface area contributed by atoms with Gasteiger partial charge in [-0.05, 0) is 19.4 Å². The summed E-state index contributed by atoms with van der Waals surface area (Å²) >= 11 is 0. The first-order valence-corrected chi connectivity index (χ1v) is 6.93. The minimum atomic E-state index is 0.480. The molecule has 1 rings (SSSR count). The number of rotatable bonds is 8. The second kappa shape index (κ2) is 8.12. The van der Waals surface area contributed by atoms with E-state index < -0.39 is 0 Å². The summed E-state index contributed by atoms with van der Waals surface area (Å²) in [7, 11) is 3.87. The Morgan fingerprint density at radius 2 is 2.16 bits per heavy atom. The highest BCUT2D eigenvalue weighted by Gasteiger charge is 2.09. The number of ether oxygens (including phenoxy) is 1. The van der Waals surface area contributed by atoms with Gasteiger partial charge in [0.1, 0.15) is 0 Å². The number of aromatic nitrogens is 1. The number of nitrogens with one attached hydrogen (secondary N) is 1. The number of pyridine rings is 1. The molecule has 0 unspecified atom stereocenters. The summed E-state index contributed by atoms with van der Waals surface area (Å²) in [5, 5.41) is 3.45. The van der Waals surface area contributed by atoms with Gasteiger partial charge in [0.05, 0.1) is 0 Å². The van der Waals surface area contributed by atoms with Crippen molar-refractivity contribution in [1.82, 2.24) is 10.3 Å². The first-order valence-electron chi connectivity index (χ1n) is 6.93. The van der Waals surface area contributed by atoms with Crippen LogP contribution in [0, 0.1) is 6.92 Å². The first kappa shape index (κ1) is 15.9. The number of methoxy groups -OCH3 is 1. The fourth-order valence-electron chi connectivity index (χ4n) is 1.95. The monoisotopic (exact) mass is 265 g/mol. The summed E-state index contributed by atoms with van der Waals surface area (Å²) < 4.78 is 5.11. The van der Waals surface area contributed by atoms with E-state index in [1.54, 1.807) is 7.11 Å². The summed E-state index contributed by atoms with van der Waals surface area (Å²) in [6.07, 6.45) is 3.01. The van der Waals surface area contributed by atoms with Crippen LogP contribution in [0.3, 0.4) is 0 Å². The van der Waals surface area contributed by atoms with Gasteiger partial charge in [0, 0.05) is 63.0 Å². The maximum Gasteiger partial charge on any atom is 0.0479 e. The quantitative estimate of drug-likeness (QED) is 0.732. The Hall–Kier alpha value is -1.13. The van der Waals surface area contributed by atoms with Gasteiger partial charge in [-0.2, -0.15) is 0 Å². The van der Waals surface area contributed by atoms with Gasteiger partial charge in [-0.25, -0.2) is 0 Å². The van der Waals surface area contributed by atoms with E-state index in [4.69, 9.17) is 4.74 Å². The Kier molecular flexibility index (Phi) is 6.81. The Morgan fingerprint density at radius 3 is 2.79 bits per heavy atom. The summed E-state index contributed by atoms with van der Waals surface area (Å²) in [5.41, 5.74) is 3.57. The highest BCUT2D eigenvalue weighted by Crippen LogP contribution is 2.20. The molecular formula is C15H27N3O. The zero-order valence-electron chi connectivity index (χ0n) is 12.9. The number of aryl methyl sites for hydroxylation is 1. The van der Waals surface area contributed by atoms with Crippen LogP contribution in [0.25, 0.3) is 0 Å². The molecule has 0 atom stereocenters. The molecule has 0 saturated carbocycles. The molecule has 1 aromatic rings. The van der Waals surface area contributed by atoms with Gasteiger partial charge in [-0.15, -0.1) is 0 Å². The molecule has 0 radical (unpaired) electrons. The van der Waals surface area contributed by atoms with E-state index in [9.17, 15) is 0 Å². The molecule has 1 N–H and O–H groups in total. The lowest BCUT2D eigenvalue weighted by Gasteiger charge is -2.23. The first-order chi connectivity index (χ1) is 9.04. The van der Waals surface area contributed by atoms with E-state index in [0.717, 1.165) is 31.8 Å². The van der Waals surface area contributed by atoms with Crippen molar-refractivity contribution in [1.29, 1.82) is 0 Å². The summed E-state index contributed by atoms with van der Waals surface area (Å²) in [4.78, 5) is 6.69. The van der Waals surface area contributed by atoms with Crippen LogP contribution in [-0.4, -0.2) is 38.3 Å². The van der Waals surface area contributed by atoms with Gasteiger partial charge in [0.2, 0.25) is 0 Å². The van der Waals surface area contributed by atoms with E-state index in [0.29, 0.717) is 6.04 Å². The number of anilines is 1. The van der Waals surface area contributed by atoms with Gasteiger partial charge in [-0.1, -0.05) is 13.8 Å². The van der Waals surface area contributed by atoms with E-state index >= 15 is 0 Å².